The Morgan fingerprint density at radius 2 is 0.695 bits per heavy atom. The van der Waals surface area contributed by atoms with Crippen molar-refractivity contribution in [2.24, 2.45) is 23.3 Å². The molecule has 0 aromatic carbocycles. The quantitative estimate of drug-likeness (QED) is 0.0585. The molecule has 0 saturated heterocycles. The van der Waals surface area contributed by atoms with Crippen molar-refractivity contribution in [2.45, 2.75) is 123 Å². The maximum absolute atomic E-state index is 13.3. The van der Waals surface area contributed by atoms with E-state index in [-0.39, 0.29) is 81.5 Å². The van der Waals surface area contributed by atoms with Crippen molar-refractivity contribution in [3.8, 4) is 0 Å². The number of rotatable bonds is 95. The van der Waals surface area contributed by atoms with Crippen molar-refractivity contribution in [3.63, 3.8) is 0 Å². The number of fused-ring (bicyclic) bond motifs is 1. The summed E-state index contributed by atoms with van der Waals surface area (Å²) < 4.78 is 132. The number of hydrogen-bond acceptors (Lipinski definition) is 33. The van der Waals surface area contributed by atoms with Crippen LogP contribution in [0.1, 0.15) is 114 Å². The molecule has 1 aliphatic carbocycles. The molecule has 688 valence electrons. The summed E-state index contributed by atoms with van der Waals surface area (Å²) in [6.45, 7) is 25.0. The minimum Gasteiger partial charge on any atom is -0.379 e. The summed E-state index contributed by atoms with van der Waals surface area (Å²) in [4.78, 5) is 91.6. The van der Waals surface area contributed by atoms with Gasteiger partial charge in [-0.1, -0.05) is 33.1 Å². The lowest BCUT2D eigenvalue weighted by molar-refractivity contribution is -0.129. The Morgan fingerprint density at radius 1 is 0.373 bits per heavy atom. The van der Waals surface area contributed by atoms with Gasteiger partial charge in [-0.15, -0.1) is 11.3 Å². The number of Topliss-reactive ketones (excluding diaryl/α,β-unsaturated/α-hetero) is 2. The second kappa shape index (κ2) is 84.6. The highest BCUT2D eigenvalue weighted by Gasteiger charge is 2.27. The molecule has 5 amide bonds. The average Bonchev–Trinajstić information content (AvgIpc) is 1.68. The van der Waals surface area contributed by atoms with Gasteiger partial charge in [0.1, 0.15) is 17.6 Å². The second-order valence-corrected chi connectivity index (χ2v) is 27.9. The van der Waals surface area contributed by atoms with Crippen LogP contribution in [0.15, 0.2) is 0 Å². The first kappa shape index (κ1) is 109. The van der Waals surface area contributed by atoms with Gasteiger partial charge in [0, 0.05) is 68.9 Å². The number of ether oxygens (including phenoxy) is 24. The van der Waals surface area contributed by atoms with Crippen LogP contribution < -0.4 is 27.4 Å². The molecule has 0 saturated carbocycles. The van der Waals surface area contributed by atoms with Gasteiger partial charge < -0.3 is 141 Å². The van der Waals surface area contributed by atoms with E-state index in [1.54, 1.807) is 6.92 Å². The molecule has 118 heavy (non-hydrogen) atoms. The minimum absolute atomic E-state index is 0.0112. The van der Waals surface area contributed by atoms with E-state index in [1.807, 2.05) is 0 Å². The summed E-state index contributed by atoms with van der Waals surface area (Å²) >= 11 is 1.46. The summed E-state index contributed by atoms with van der Waals surface area (Å²) in [7, 11) is 0. The highest BCUT2D eigenvalue weighted by atomic mass is 32.1. The van der Waals surface area contributed by atoms with Crippen LogP contribution in [-0.2, 0) is 160 Å². The lowest BCUT2D eigenvalue weighted by atomic mass is 9.87. The Balaban J connectivity index is 1.18. The lowest BCUT2D eigenvalue weighted by Crippen LogP contribution is -2.44. The van der Waals surface area contributed by atoms with E-state index < -0.39 is 29.7 Å². The van der Waals surface area contributed by atoms with Gasteiger partial charge in [-0.25, -0.2) is 4.98 Å². The van der Waals surface area contributed by atoms with Crippen LogP contribution in [0, 0.1) is 11.8 Å². The number of carbonyl (C=O) groups excluding carboxylic acids is 7. The molecule has 0 fully saturated rings. The molecular weight excluding hydrogens is 1570 g/mol. The number of amides is 5. The van der Waals surface area contributed by atoms with Crippen LogP contribution >= 0.6 is 11.3 Å². The van der Waals surface area contributed by atoms with Gasteiger partial charge in [-0.3, -0.25) is 33.6 Å². The Morgan fingerprint density at radius 3 is 1.04 bits per heavy atom. The molecule has 0 aliphatic heterocycles. The number of aromatic nitrogens is 1. The van der Waals surface area contributed by atoms with Gasteiger partial charge in [-0.05, 0) is 44.4 Å². The highest BCUT2D eigenvalue weighted by Crippen LogP contribution is 2.34. The van der Waals surface area contributed by atoms with Crippen LogP contribution in [0.4, 0.5) is 5.13 Å². The molecule has 0 spiro atoms. The molecule has 2 rings (SSSR count). The smallest absolute Gasteiger partial charge is 0.248 e. The van der Waals surface area contributed by atoms with E-state index in [9.17, 15) is 33.6 Å². The number of aryl methyl sites for hydroxylation is 1. The zero-order chi connectivity index (χ0) is 85.0. The number of nitrogens with one attached hydrogen (secondary N) is 3. The first-order valence-electron chi connectivity index (χ1n) is 42.2. The summed E-state index contributed by atoms with van der Waals surface area (Å²) in [5.41, 5.74) is 11.4. The van der Waals surface area contributed by atoms with Crippen molar-refractivity contribution in [3.05, 3.63) is 10.6 Å². The van der Waals surface area contributed by atoms with Crippen LogP contribution in [0.2, 0.25) is 0 Å². The predicted octanol–water partition coefficient (Wildman–Crippen LogP) is 3.02. The number of anilines is 1. The van der Waals surface area contributed by atoms with Gasteiger partial charge in [0.25, 0.3) is 0 Å². The Bertz CT molecular complexity index is 2530. The molecule has 0 radical (unpaired) electrons. The number of primary amides is 2. The Kier molecular flexibility index (Phi) is 78.4. The van der Waals surface area contributed by atoms with Gasteiger partial charge in [0.15, 0.2) is 5.13 Å². The fraction of sp³-hybridized carbons (Fsp3) is 0.875. The Labute approximate surface area is 703 Å². The van der Waals surface area contributed by atoms with Gasteiger partial charge in [0.05, 0.1) is 316 Å². The third kappa shape index (κ3) is 74.0. The van der Waals surface area contributed by atoms with Crippen molar-refractivity contribution < 1.29 is 147 Å². The summed E-state index contributed by atoms with van der Waals surface area (Å²) in [5.74, 6) is -2.14. The van der Waals surface area contributed by atoms with Crippen LogP contribution in [0.25, 0.3) is 0 Å². The average molecular weight is 1720 g/mol. The van der Waals surface area contributed by atoms with Crippen LogP contribution in [-0.4, -0.2) is 376 Å². The first-order valence-corrected chi connectivity index (χ1v) is 43.0. The number of nitrogens with zero attached hydrogens (tertiary/aromatic N) is 1. The molecule has 1 heterocycles. The fourth-order valence-corrected chi connectivity index (χ4v) is 11.7. The normalized spacial score (nSPS) is 13.3. The van der Waals surface area contributed by atoms with E-state index in [1.165, 1.54) is 29.1 Å². The molecule has 0 unspecified atom stereocenters. The summed E-state index contributed by atoms with van der Waals surface area (Å²) in [6, 6.07) is -0.998. The predicted molar refractivity (Wildman–Crippen MR) is 434 cm³/mol. The Hall–Kier alpha value is -4.64. The summed E-state index contributed by atoms with van der Waals surface area (Å²) in [6.07, 6.45) is 8.33. The largest absolute Gasteiger partial charge is 0.379 e. The molecule has 1 aromatic heterocycles. The molecule has 1 aromatic rings. The number of hydrogen-bond donors (Lipinski definition) is 5. The maximum Gasteiger partial charge on any atom is 0.248 e. The maximum atomic E-state index is 13.3. The molecule has 37 nitrogen and oxygen atoms in total. The molecule has 7 N–H and O–H groups in total. The van der Waals surface area contributed by atoms with Gasteiger partial charge in [0.2, 0.25) is 29.5 Å². The molecule has 0 bridgehead atoms. The van der Waals surface area contributed by atoms with Crippen molar-refractivity contribution in [1.82, 2.24) is 15.6 Å². The number of unbranched alkanes of at least 4 members (excludes halogenated alkanes) is 1. The fourth-order valence-electron chi connectivity index (χ4n) is 10.6. The number of nitrogens with two attached hydrogens (primary N) is 2. The zero-order valence-electron chi connectivity index (χ0n) is 70.9. The number of carbonyl (C=O) groups is 7. The molecule has 1 aliphatic rings. The minimum atomic E-state index is -0.998. The third-order valence-electron chi connectivity index (χ3n) is 16.9. The van der Waals surface area contributed by atoms with Gasteiger partial charge in [-0.2, -0.15) is 0 Å². The number of ketones is 2. The van der Waals surface area contributed by atoms with E-state index in [0.717, 1.165) is 31.4 Å². The molecule has 38 heteroatoms. The zero-order valence-corrected chi connectivity index (χ0v) is 71.7. The van der Waals surface area contributed by atoms with Crippen molar-refractivity contribution >= 4 is 57.6 Å². The van der Waals surface area contributed by atoms with Gasteiger partial charge >= 0.3 is 0 Å². The number of thiazole rings is 1. The molecular formula is C80H146N6O31S. The van der Waals surface area contributed by atoms with E-state index >= 15 is 0 Å². The van der Waals surface area contributed by atoms with Crippen molar-refractivity contribution in [2.75, 3.05) is 329 Å². The standard InChI is InChI=1S/C80H146N6O31S/c1-3-4-7-69-11-12-72-74(67-69)118-80(85-72)86-79(93)73(13-14-75(81)89)84-77(91)10-5-8-71(88)66-68(2)78(92)83-17-21-97-25-29-101-33-37-105-41-45-109-49-53-113-57-61-117-65-64-115-59-55-111-51-47-107-43-39-103-35-31-99-27-23-95-19-15-70(87)9-6-18-94-22-26-98-30-34-102-38-42-106-46-50-110-54-58-114-62-63-116-60-56-112-52-48-108-44-40-104-36-32-100-28-24-96-20-16-76(82)90/h68-69,73H,3-67H2,1-2H3,(H2,81,89)(H2,82,90)(H,83,92)(H,84,91)(H,85,86,93)/t68-,69+,73+/m1/s1. The van der Waals surface area contributed by atoms with Crippen LogP contribution in [0.3, 0.4) is 0 Å². The van der Waals surface area contributed by atoms with Crippen molar-refractivity contribution in [1.29, 1.82) is 0 Å². The monoisotopic (exact) mass is 1720 g/mol. The first-order chi connectivity index (χ1) is 57.9. The van der Waals surface area contributed by atoms with E-state index in [2.05, 4.69) is 27.9 Å². The molecule has 3 atom stereocenters. The van der Waals surface area contributed by atoms with E-state index in [0.29, 0.717) is 341 Å². The second-order valence-electron chi connectivity index (χ2n) is 26.8. The third-order valence-corrected chi connectivity index (χ3v) is 17.9. The van der Waals surface area contributed by atoms with Crippen LogP contribution in [0.5, 0.6) is 0 Å². The highest BCUT2D eigenvalue weighted by molar-refractivity contribution is 7.15. The topological polar surface area (TPSA) is 442 Å². The SMILES string of the molecule is CCCC[C@H]1CCc2nc(NC(=O)[C@H](CCC(N)=O)NC(=O)CCCC(=O)C[C@@H](C)C(=O)NCCOCCOCCOCCOCCOCCOCCOCCOCCOCCOCCOCCOCCC(=O)CCCOCCOCCOCCOCCOCCOCCOCCOCCOCCOCCOCCOCCC(N)=O)sc2C1. The van der Waals surface area contributed by atoms with E-state index in [4.69, 9.17) is 125 Å². The lowest BCUT2D eigenvalue weighted by Gasteiger charge is -2.20. The summed E-state index contributed by atoms with van der Waals surface area (Å²) in [5, 5.41) is 8.78.